The van der Waals surface area contributed by atoms with Gasteiger partial charge >= 0.3 is 0 Å². The third kappa shape index (κ3) is 1.53. The van der Waals surface area contributed by atoms with Crippen LogP contribution in [0.5, 0.6) is 0 Å². The Balaban J connectivity index is 2.18. The average Bonchev–Trinajstić information content (AvgIpc) is 2.34. The second kappa shape index (κ2) is 3.29. The first-order valence-corrected chi connectivity index (χ1v) is 6.17. The zero-order valence-corrected chi connectivity index (χ0v) is 9.47. The minimum absolute atomic E-state index is 0.773. The molecule has 0 heteroatoms. The minimum Gasteiger partial charge on any atom is -0.0649 e. The van der Waals surface area contributed by atoms with Crippen LogP contribution in [0.1, 0.15) is 59.3 Å². The quantitative estimate of drug-likeness (QED) is 0.566. The molecule has 76 valence electrons. The maximum Gasteiger partial charge on any atom is -0.0295 e. The van der Waals surface area contributed by atoms with Gasteiger partial charge in [-0.3, -0.25) is 0 Å². The predicted molar refractivity (Wildman–Crippen MR) is 57.6 cm³/mol. The van der Waals surface area contributed by atoms with E-state index in [2.05, 4.69) is 20.8 Å². The fraction of sp³-hybridized carbons (Fsp3) is 1.00. The van der Waals surface area contributed by atoms with E-state index in [1.54, 1.807) is 6.42 Å². The molecule has 2 saturated carbocycles. The summed E-state index contributed by atoms with van der Waals surface area (Å²) in [4.78, 5) is 0. The molecule has 2 fully saturated rings. The molecule has 2 unspecified atom stereocenters. The molecule has 0 nitrogen and oxygen atoms in total. The molecule has 0 aromatic heterocycles. The maximum atomic E-state index is 2.49. The van der Waals surface area contributed by atoms with Crippen LogP contribution < -0.4 is 0 Å². The molecule has 4 atom stereocenters. The molecular formula is C13H24. The molecule has 0 aromatic carbocycles. The lowest BCUT2D eigenvalue weighted by Gasteiger charge is -2.27. The minimum atomic E-state index is 0.773. The van der Waals surface area contributed by atoms with Crippen LogP contribution >= 0.6 is 0 Å². The van der Waals surface area contributed by atoms with Gasteiger partial charge in [-0.25, -0.2) is 0 Å². The molecular weight excluding hydrogens is 156 g/mol. The Labute approximate surface area is 83.1 Å². The lowest BCUT2D eigenvalue weighted by molar-refractivity contribution is 0.244. The van der Waals surface area contributed by atoms with Gasteiger partial charge in [-0.2, -0.15) is 0 Å². The van der Waals surface area contributed by atoms with Crippen LogP contribution in [0.15, 0.2) is 0 Å². The van der Waals surface area contributed by atoms with Crippen molar-refractivity contribution in [3.8, 4) is 0 Å². The van der Waals surface area contributed by atoms with Gasteiger partial charge in [-0.1, -0.05) is 40.0 Å². The first kappa shape index (κ1) is 9.55. The van der Waals surface area contributed by atoms with Gasteiger partial charge in [-0.15, -0.1) is 0 Å². The topological polar surface area (TPSA) is 0 Å². The highest BCUT2D eigenvalue weighted by Gasteiger charge is 2.45. The van der Waals surface area contributed by atoms with Gasteiger partial charge in [0.25, 0.3) is 0 Å². The molecule has 0 aliphatic heterocycles. The Morgan fingerprint density at radius 2 is 1.92 bits per heavy atom. The second-order valence-corrected chi connectivity index (χ2v) is 5.77. The van der Waals surface area contributed by atoms with Crippen LogP contribution in [-0.2, 0) is 0 Å². The van der Waals surface area contributed by atoms with E-state index in [0.29, 0.717) is 0 Å². The summed E-state index contributed by atoms with van der Waals surface area (Å²) in [6.45, 7) is 7.38. The van der Waals surface area contributed by atoms with Crippen molar-refractivity contribution in [2.24, 2.45) is 23.2 Å². The molecule has 0 aromatic rings. The summed E-state index contributed by atoms with van der Waals surface area (Å²) in [6.07, 6.45) is 9.02. The molecule has 2 bridgehead atoms. The standard InChI is InChI=1S/C13H24/c1-4-13-7-5-6-10(2)12(9-13)11(3)8-13/h10-12H,4-9H2,1-3H3/t10?,11-,12?,13-/m1/s1. The van der Waals surface area contributed by atoms with Crippen LogP contribution in [0.3, 0.4) is 0 Å². The van der Waals surface area contributed by atoms with Crippen molar-refractivity contribution < 1.29 is 0 Å². The summed E-state index contributed by atoms with van der Waals surface area (Å²) >= 11 is 0. The van der Waals surface area contributed by atoms with E-state index in [9.17, 15) is 0 Å². The van der Waals surface area contributed by atoms with Crippen molar-refractivity contribution in [2.75, 3.05) is 0 Å². The van der Waals surface area contributed by atoms with Gasteiger partial charge in [0.2, 0.25) is 0 Å². The van der Waals surface area contributed by atoms with Crippen LogP contribution in [0.25, 0.3) is 0 Å². The number of hydrogen-bond acceptors (Lipinski definition) is 0. The first-order chi connectivity index (χ1) is 6.17. The van der Waals surface area contributed by atoms with Crippen molar-refractivity contribution in [1.29, 1.82) is 0 Å². The summed E-state index contributed by atoms with van der Waals surface area (Å²) < 4.78 is 0. The number of hydrogen-bond donors (Lipinski definition) is 0. The molecule has 2 aliphatic rings. The Bertz CT molecular complexity index is 184. The second-order valence-electron chi connectivity index (χ2n) is 5.77. The predicted octanol–water partition coefficient (Wildman–Crippen LogP) is 4.25. The van der Waals surface area contributed by atoms with Gasteiger partial charge in [0.15, 0.2) is 0 Å². The largest absolute Gasteiger partial charge is 0.0649 e. The average molecular weight is 180 g/mol. The van der Waals surface area contributed by atoms with E-state index < -0.39 is 0 Å². The molecule has 13 heavy (non-hydrogen) atoms. The SMILES string of the molecule is CC[C@]12CCCC(C)C(C1)[C@H](C)C2. The van der Waals surface area contributed by atoms with Crippen molar-refractivity contribution in [3.05, 3.63) is 0 Å². The Morgan fingerprint density at radius 3 is 2.62 bits per heavy atom. The highest BCUT2D eigenvalue weighted by Crippen LogP contribution is 2.55. The monoisotopic (exact) mass is 180 g/mol. The number of rotatable bonds is 1. The molecule has 2 rings (SSSR count). The molecule has 2 aliphatic carbocycles. The fourth-order valence-electron chi connectivity index (χ4n) is 4.06. The van der Waals surface area contributed by atoms with Gasteiger partial charge in [0.1, 0.15) is 0 Å². The van der Waals surface area contributed by atoms with Crippen molar-refractivity contribution >= 4 is 0 Å². The van der Waals surface area contributed by atoms with E-state index in [1.165, 1.54) is 32.1 Å². The van der Waals surface area contributed by atoms with Crippen LogP contribution in [-0.4, -0.2) is 0 Å². The van der Waals surface area contributed by atoms with Gasteiger partial charge in [0, 0.05) is 0 Å². The van der Waals surface area contributed by atoms with Crippen molar-refractivity contribution in [2.45, 2.75) is 59.3 Å². The van der Waals surface area contributed by atoms with Crippen molar-refractivity contribution in [1.82, 2.24) is 0 Å². The Kier molecular flexibility index (Phi) is 2.42. The lowest BCUT2D eigenvalue weighted by Crippen LogP contribution is -2.15. The summed E-state index contributed by atoms with van der Waals surface area (Å²) in [7, 11) is 0. The maximum absolute atomic E-state index is 2.49. The third-order valence-corrected chi connectivity index (χ3v) is 5.00. The summed E-state index contributed by atoms with van der Waals surface area (Å²) in [6, 6.07) is 0. The molecule has 0 N–H and O–H groups in total. The third-order valence-electron chi connectivity index (χ3n) is 5.00. The van der Waals surface area contributed by atoms with Crippen LogP contribution in [0, 0.1) is 23.2 Å². The van der Waals surface area contributed by atoms with Gasteiger partial charge in [0.05, 0.1) is 0 Å². The fourth-order valence-corrected chi connectivity index (χ4v) is 4.06. The summed E-state index contributed by atoms with van der Waals surface area (Å²) in [5.74, 6) is 3.07. The molecule has 0 spiro atoms. The Hall–Kier alpha value is 0. The first-order valence-electron chi connectivity index (χ1n) is 6.17. The molecule has 0 heterocycles. The van der Waals surface area contributed by atoms with Crippen LogP contribution in [0.2, 0.25) is 0 Å². The van der Waals surface area contributed by atoms with E-state index in [0.717, 1.165) is 23.2 Å². The van der Waals surface area contributed by atoms with E-state index in [-0.39, 0.29) is 0 Å². The normalized spacial score (nSPS) is 50.5. The lowest BCUT2D eigenvalue weighted by atomic mass is 9.78. The number of fused-ring (bicyclic) bond motifs is 2. The summed E-state index contributed by atoms with van der Waals surface area (Å²) in [5.41, 5.74) is 0.773. The van der Waals surface area contributed by atoms with Crippen LogP contribution in [0.4, 0.5) is 0 Å². The Morgan fingerprint density at radius 1 is 1.15 bits per heavy atom. The highest BCUT2D eigenvalue weighted by atomic mass is 14.5. The smallest absolute Gasteiger partial charge is 0.0295 e. The zero-order valence-electron chi connectivity index (χ0n) is 9.47. The van der Waals surface area contributed by atoms with Gasteiger partial charge < -0.3 is 0 Å². The van der Waals surface area contributed by atoms with E-state index >= 15 is 0 Å². The van der Waals surface area contributed by atoms with E-state index in [1.807, 2.05) is 0 Å². The molecule has 0 saturated heterocycles. The van der Waals surface area contributed by atoms with Crippen molar-refractivity contribution in [3.63, 3.8) is 0 Å². The highest BCUT2D eigenvalue weighted by molar-refractivity contribution is 4.95. The molecule has 0 amide bonds. The zero-order chi connectivity index (χ0) is 9.47. The van der Waals surface area contributed by atoms with Gasteiger partial charge in [-0.05, 0) is 42.4 Å². The molecule has 0 radical (unpaired) electrons. The summed E-state index contributed by atoms with van der Waals surface area (Å²) in [5, 5.41) is 0. The van der Waals surface area contributed by atoms with E-state index in [4.69, 9.17) is 0 Å².